The van der Waals surface area contributed by atoms with Gasteiger partial charge in [-0.15, -0.1) is 0 Å². The van der Waals surface area contributed by atoms with Crippen molar-refractivity contribution in [3.8, 4) is 5.75 Å². The van der Waals surface area contributed by atoms with Gasteiger partial charge in [-0.1, -0.05) is 12.1 Å². The molecule has 0 N–H and O–H groups in total. The van der Waals surface area contributed by atoms with E-state index in [1.165, 1.54) is 0 Å². The molecule has 0 atom stereocenters. The Balaban J connectivity index is 1.65. The zero-order valence-corrected chi connectivity index (χ0v) is 12.7. The van der Waals surface area contributed by atoms with E-state index in [0.29, 0.717) is 30.2 Å². The van der Waals surface area contributed by atoms with Crippen LogP contribution in [0.15, 0.2) is 41.2 Å². The lowest BCUT2D eigenvalue weighted by Gasteiger charge is -2.26. The molecule has 0 saturated carbocycles. The summed E-state index contributed by atoms with van der Waals surface area (Å²) in [6.45, 7) is 1.13. The van der Waals surface area contributed by atoms with Crippen molar-refractivity contribution in [3.63, 3.8) is 0 Å². The van der Waals surface area contributed by atoms with Gasteiger partial charge >= 0.3 is 0 Å². The standard InChI is InChI=1S/C17H15N3O3/c1-22-14-4-2-3-11-7-15(23-16(11)14)17(21)20-6-5-13-12(9-20)8-18-10-19-13/h2-4,7-8,10H,5-6,9H2,1H3. The Morgan fingerprint density at radius 1 is 1.39 bits per heavy atom. The molecule has 6 heteroatoms. The maximum Gasteiger partial charge on any atom is 0.289 e. The Morgan fingerprint density at radius 2 is 2.30 bits per heavy atom. The van der Waals surface area contributed by atoms with Gasteiger partial charge in [0.1, 0.15) is 6.33 Å². The number of methoxy groups -OCH3 is 1. The molecule has 4 rings (SSSR count). The van der Waals surface area contributed by atoms with Gasteiger partial charge in [0.15, 0.2) is 17.1 Å². The molecule has 0 saturated heterocycles. The minimum Gasteiger partial charge on any atom is -0.493 e. The van der Waals surface area contributed by atoms with E-state index in [1.54, 1.807) is 30.6 Å². The van der Waals surface area contributed by atoms with Gasteiger partial charge < -0.3 is 14.1 Å². The summed E-state index contributed by atoms with van der Waals surface area (Å²) in [5.74, 6) is 0.821. The Kier molecular flexibility index (Phi) is 3.22. The number of ether oxygens (including phenoxy) is 1. The zero-order chi connectivity index (χ0) is 15.8. The quantitative estimate of drug-likeness (QED) is 0.727. The van der Waals surface area contributed by atoms with Crippen molar-refractivity contribution in [1.29, 1.82) is 0 Å². The van der Waals surface area contributed by atoms with Crippen LogP contribution in [-0.4, -0.2) is 34.4 Å². The molecule has 116 valence electrons. The summed E-state index contributed by atoms with van der Waals surface area (Å²) in [6, 6.07) is 7.35. The summed E-state index contributed by atoms with van der Waals surface area (Å²) in [7, 11) is 1.58. The van der Waals surface area contributed by atoms with Crippen LogP contribution in [-0.2, 0) is 13.0 Å². The van der Waals surface area contributed by atoms with E-state index < -0.39 is 0 Å². The molecule has 0 aliphatic carbocycles. The highest BCUT2D eigenvalue weighted by molar-refractivity contribution is 5.97. The number of para-hydroxylation sites is 1. The largest absolute Gasteiger partial charge is 0.493 e. The van der Waals surface area contributed by atoms with E-state index >= 15 is 0 Å². The zero-order valence-electron chi connectivity index (χ0n) is 12.7. The average Bonchev–Trinajstić information content (AvgIpc) is 3.04. The highest BCUT2D eigenvalue weighted by Gasteiger charge is 2.25. The van der Waals surface area contributed by atoms with Gasteiger partial charge in [0, 0.05) is 36.7 Å². The monoisotopic (exact) mass is 309 g/mol. The fourth-order valence-corrected chi connectivity index (χ4v) is 2.90. The average molecular weight is 309 g/mol. The smallest absolute Gasteiger partial charge is 0.289 e. The molecule has 0 unspecified atom stereocenters. The second-order valence-corrected chi connectivity index (χ2v) is 5.46. The first-order valence-corrected chi connectivity index (χ1v) is 7.40. The number of hydrogen-bond donors (Lipinski definition) is 0. The van der Waals surface area contributed by atoms with E-state index in [-0.39, 0.29) is 5.91 Å². The molecule has 3 aromatic rings. The van der Waals surface area contributed by atoms with E-state index in [0.717, 1.165) is 23.1 Å². The van der Waals surface area contributed by atoms with Gasteiger partial charge in [-0.05, 0) is 12.1 Å². The molecule has 0 spiro atoms. The number of hydrogen-bond acceptors (Lipinski definition) is 5. The van der Waals surface area contributed by atoms with E-state index in [1.807, 2.05) is 18.2 Å². The normalized spacial score (nSPS) is 13.9. The van der Waals surface area contributed by atoms with Crippen LogP contribution >= 0.6 is 0 Å². The second kappa shape index (κ2) is 5.39. The van der Waals surface area contributed by atoms with Gasteiger partial charge in [-0.2, -0.15) is 0 Å². The van der Waals surface area contributed by atoms with Gasteiger partial charge in [0.2, 0.25) is 0 Å². The molecule has 1 aromatic carbocycles. The van der Waals surface area contributed by atoms with Crippen molar-refractivity contribution in [3.05, 3.63) is 53.8 Å². The number of rotatable bonds is 2. The lowest BCUT2D eigenvalue weighted by molar-refractivity contribution is 0.0703. The number of amides is 1. The Morgan fingerprint density at radius 3 is 3.17 bits per heavy atom. The summed E-state index contributed by atoms with van der Waals surface area (Å²) in [4.78, 5) is 22.8. The van der Waals surface area contributed by atoms with E-state index in [9.17, 15) is 4.79 Å². The number of carbonyl (C=O) groups is 1. The molecule has 6 nitrogen and oxygen atoms in total. The van der Waals surface area contributed by atoms with Crippen LogP contribution in [0.3, 0.4) is 0 Å². The highest BCUT2D eigenvalue weighted by Crippen LogP contribution is 2.29. The number of carbonyl (C=O) groups excluding carboxylic acids is 1. The van der Waals surface area contributed by atoms with E-state index in [4.69, 9.17) is 9.15 Å². The Bertz CT molecular complexity index is 888. The number of aromatic nitrogens is 2. The Labute approximate surface area is 132 Å². The molecule has 1 aliphatic heterocycles. The molecular formula is C17H15N3O3. The van der Waals surface area contributed by atoms with Crippen molar-refractivity contribution < 1.29 is 13.9 Å². The van der Waals surface area contributed by atoms with Crippen LogP contribution in [0, 0.1) is 0 Å². The number of fused-ring (bicyclic) bond motifs is 2. The molecule has 0 fully saturated rings. The number of nitrogens with zero attached hydrogens (tertiary/aromatic N) is 3. The predicted molar refractivity (Wildman–Crippen MR) is 83.2 cm³/mol. The summed E-state index contributed by atoms with van der Waals surface area (Å²) < 4.78 is 11.0. The van der Waals surface area contributed by atoms with Crippen LogP contribution in [0.25, 0.3) is 11.0 Å². The molecule has 1 aliphatic rings. The predicted octanol–water partition coefficient (Wildman–Crippen LogP) is 2.43. The van der Waals surface area contributed by atoms with Crippen molar-refractivity contribution in [2.45, 2.75) is 13.0 Å². The van der Waals surface area contributed by atoms with Crippen molar-refractivity contribution in [2.75, 3.05) is 13.7 Å². The van der Waals surface area contributed by atoms with Crippen LogP contribution in [0.1, 0.15) is 21.8 Å². The molecular weight excluding hydrogens is 294 g/mol. The fourth-order valence-electron chi connectivity index (χ4n) is 2.90. The van der Waals surface area contributed by atoms with E-state index in [2.05, 4.69) is 9.97 Å². The van der Waals surface area contributed by atoms with Gasteiger partial charge in [0.05, 0.1) is 12.8 Å². The maximum atomic E-state index is 12.7. The molecule has 0 bridgehead atoms. The van der Waals surface area contributed by atoms with Gasteiger partial charge in [0.25, 0.3) is 5.91 Å². The topological polar surface area (TPSA) is 68.5 Å². The molecule has 2 aromatic heterocycles. The first kappa shape index (κ1) is 13.8. The summed E-state index contributed by atoms with van der Waals surface area (Å²) >= 11 is 0. The van der Waals surface area contributed by atoms with Crippen LogP contribution < -0.4 is 4.74 Å². The second-order valence-electron chi connectivity index (χ2n) is 5.46. The minimum absolute atomic E-state index is 0.127. The van der Waals surface area contributed by atoms with Crippen LogP contribution in [0.2, 0.25) is 0 Å². The summed E-state index contributed by atoms with van der Waals surface area (Å²) in [5, 5.41) is 0.855. The number of benzene rings is 1. The molecule has 0 radical (unpaired) electrons. The summed E-state index contributed by atoms with van der Waals surface area (Å²) in [5.41, 5.74) is 2.59. The van der Waals surface area contributed by atoms with Gasteiger partial charge in [-0.25, -0.2) is 9.97 Å². The lowest BCUT2D eigenvalue weighted by atomic mass is 10.1. The van der Waals surface area contributed by atoms with Crippen LogP contribution in [0.4, 0.5) is 0 Å². The first-order valence-electron chi connectivity index (χ1n) is 7.40. The SMILES string of the molecule is COc1cccc2cc(C(=O)N3CCc4ncncc4C3)oc12. The summed E-state index contributed by atoms with van der Waals surface area (Å²) in [6.07, 6.45) is 4.04. The lowest BCUT2D eigenvalue weighted by Crippen LogP contribution is -2.36. The fraction of sp³-hybridized carbons (Fsp3) is 0.235. The van der Waals surface area contributed by atoms with Gasteiger partial charge in [-0.3, -0.25) is 4.79 Å². The third-order valence-corrected chi connectivity index (χ3v) is 4.09. The minimum atomic E-state index is -0.127. The van der Waals surface area contributed by atoms with Crippen LogP contribution in [0.5, 0.6) is 5.75 Å². The van der Waals surface area contributed by atoms with Crippen molar-refractivity contribution in [2.24, 2.45) is 0 Å². The molecule has 3 heterocycles. The van der Waals surface area contributed by atoms with Crippen molar-refractivity contribution in [1.82, 2.24) is 14.9 Å². The maximum absolute atomic E-state index is 12.7. The molecule has 1 amide bonds. The highest BCUT2D eigenvalue weighted by atomic mass is 16.5. The Hall–Kier alpha value is -2.89. The number of furan rings is 1. The first-order chi connectivity index (χ1) is 11.3. The third-order valence-electron chi connectivity index (χ3n) is 4.09. The third kappa shape index (κ3) is 2.32. The molecule has 23 heavy (non-hydrogen) atoms. The van der Waals surface area contributed by atoms with Crippen molar-refractivity contribution >= 4 is 16.9 Å².